The maximum absolute atomic E-state index is 13.6. The van der Waals surface area contributed by atoms with Crippen molar-refractivity contribution in [2.24, 2.45) is 11.3 Å². The molecule has 1 aromatic carbocycles. The Morgan fingerprint density at radius 3 is 2.30 bits per heavy atom. The molecule has 1 aromatic heterocycles. The summed E-state index contributed by atoms with van der Waals surface area (Å²) < 4.78 is 8.49. The second-order valence-electron chi connectivity index (χ2n) is 13.6. The van der Waals surface area contributed by atoms with Crippen LogP contribution in [0.5, 0.6) is 0 Å². The van der Waals surface area contributed by atoms with Gasteiger partial charge in [0.25, 0.3) is 5.91 Å². The molecular formula is C36H52Cl3N5O6. The fraction of sp³-hybridized carbons (Fsp3) is 0.583. The standard InChI is InChI=1S/C36H52Cl3N5O6/c1-10-11-18-44(40-20-31(46)49-22-36(37,38)39)34(48)24(4)41-33(47)32(23(2)3)43(9)21-35(7,8)17-16-27-12-13-28-14-15-29(42-30(28)19-27)25(5)50-26(6)45/h12-17,19,23-25,32,40H,10-11,18,20-22H2,1-9H3,(H,41,47)/b17-16+/t24-,25+,32-/m0/s1. The molecule has 50 heavy (non-hydrogen) atoms. The lowest BCUT2D eigenvalue weighted by atomic mass is 9.89. The Labute approximate surface area is 311 Å². The summed E-state index contributed by atoms with van der Waals surface area (Å²) in [4.78, 5) is 57.3. The van der Waals surface area contributed by atoms with Crippen LogP contribution in [0.25, 0.3) is 17.0 Å². The van der Waals surface area contributed by atoms with Gasteiger partial charge in [-0.25, -0.2) is 10.4 Å². The zero-order chi connectivity index (χ0) is 37.8. The molecule has 14 heteroatoms. The first-order chi connectivity index (χ1) is 23.2. The SMILES string of the molecule is CCCCN(NCC(=O)OCC(Cl)(Cl)Cl)C(=O)[C@H](C)NC(=O)[C@H](C(C)C)N(C)CC(C)(C)/C=C/c1ccc2ccc([C@@H](C)OC(C)=O)nc2c1. The minimum Gasteiger partial charge on any atom is -0.460 e. The first-order valence-electron chi connectivity index (χ1n) is 16.8. The summed E-state index contributed by atoms with van der Waals surface area (Å²) in [6, 6.07) is 8.44. The van der Waals surface area contributed by atoms with Crippen molar-refractivity contribution in [3.05, 3.63) is 47.7 Å². The van der Waals surface area contributed by atoms with Crippen LogP contribution in [0.2, 0.25) is 0 Å². The quantitative estimate of drug-likeness (QED) is 0.101. The minimum atomic E-state index is -1.74. The van der Waals surface area contributed by atoms with Crippen LogP contribution >= 0.6 is 34.8 Å². The Bertz CT molecular complexity index is 1500. The van der Waals surface area contributed by atoms with E-state index in [1.54, 1.807) is 13.8 Å². The number of likely N-dealkylation sites (N-methyl/N-ethyl adjacent to an activating group) is 1. The number of pyridine rings is 1. The second kappa shape index (κ2) is 19.6. The van der Waals surface area contributed by atoms with Crippen molar-refractivity contribution in [3.8, 4) is 0 Å². The van der Waals surface area contributed by atoms with Crippen molar-refractivity contribution >= 4 is 75.5 Å². The number of alkyl halides is 3. The van der Waals surface area contributed by atoms with Crippen LogP contribution < -0.4 is 10.7 Å². The normalized spacial score (nSPS) is 14.1. The molecular weight excluding hydrogens is 705 g/mol. The van der Waals surface area contributed by atoms with E-state index in [4.69, 9.17) is 49.3 Å². The Morgan fingerprint density at radius 1 is 1.04 bits per heavy atom. The van der Waals surface area contributed by atoms with Gasteiger partial charge in [-0.15, -0.1) is 0 Å². The summed E-state index contributed by atoms with van der Waals surface area (Å²) in [7, 11) is 1.90. The number of hydrazine groups is 1. The summed E-state index contributed by atoms with van der Waals surface area (Å²) in [6.45, 7) is 15.0. The van der Waals surface area contributed by atoms with Crippen LogP contribution in [-0.4, -0.2) is 87.8 Å². The zero-order valence-electron chi connectivity index (χ0n) is 30.5. The molecule has 0 aliphatic carbocycles. The lowest BCUT2D eigenvalue weighted by Crippen LogP contribution is -2.57. The van der Waals surface area contributed by atoms with Crippen molar-refractivity contribution in [3.63, 3.8) is 0 Å². The van der Waals surface area contributed by atoms with E-state index in [1.165, 1.54) is 11.9 Å². The molecule has 0 saturated carbocycles. The molecule has 2 rings (SSSR count). The first kappa shape index (κ1) is 43.2. The highest BCUT2D eigenvalue weighted by atomic mass is 35.6. The van der Waals surface area contributed by atoms with Gasteiger partial charge >= 0.3 is 11.9 Å². The lowest BCUT2D eigenvalue weighted by molar-refractivity contribution is -0.147. The third kappa shape index (κ3) is 14.7. The fourth-order valence-corrected chi connectivity index (χ4v) is 5.63. The largest absolute Gasteiger partial charge is 0.460 e. The van der Waals surface area contributed by atoms with E-state index in [9.17, 15) is 19.2 Å². The van der Waals surface area contributed by atoms with E-state index >= 15 is 0 Å². The third-order valence-corrected chi connectivity index (χ3v) is 8.12. The molecule has 3 atom stereocenters. The molecule has 2 N–H and O–H groups in total. The van der Waals surface area contributed by atoms with E-state index in [-0.39, 0.29) is 29.8 Å². The van der Waals surface area contributed by atoms with Crippen LogP contribution in [0, 0.1) is 11.3 Å². The Hall–Kier alpha value is -2.96. The summed E-state index contributed by atoms with van der Waals surface area (Å²) in [5.41, 5.74) is 4.89. The fourth-order valence-electron chi connectivity index (χ4n) is 5.47. The smallest absolute Gasteiger partial charge is 0.321 e. The molecule has 0 spiro atoms. The van der Waals surface area contributed by atoms with Crippen molar-refractivity contribution in [1.29, 1.82) is 0 Å². The average Bonchev–Trinajstić information content (AvgIpc) is 3.01. The number of carbonyl (C=O) groups is 4. The molecule has 0 unspecified atom stereocenters. The predicted octanol–water partition coefficient (Wildman–Crippen LogP) is 6.41. The highest BCUT2D eigenvalue weighted by Crippen LogP contribution is 2.26. The summed E-state index contributed by atoms with van der Waals surface area (Å²) in [5.74, 6) is -1.79. The number of hydrogen-bond donors (Lipinski definition) is 2. The Kier molecular flexibility index (Phi) is 16.9. The van der Waals surface area contributed by atoms with Crippen LogP contribution in [0.4, 0.5) is 0 Å². The minimum absolute atomic E-state index is 0.0563. The number of unbranched alkanes of at least 4 members (excludes halogenated alkanes) is 1. The molecule has 2 amide bonds. The van der Waals surface area contributed by atoms with E-state index in [0.29, 0.717) is 25.2 Å². The van der Waals surface area contributed by atoms with Crippen LogP contribution in [0.3, 0.4) is 0 Å². The van der Waals surface area contributed by atoms with Crippen molar-refractivity contribution in [2.45, 2.75) is 90.2 Å². The van der Waals surface area contributed by atoms with E-state index in [1.807, 2.05) is 69.1 Å². The van der Waals surface area contributed by atoms with Crippen LogP contribution in [0.1, 0.15) is 85.6 Å². The van der Waals surface area contributed by atoms with E-state index in [0.717, 1.165) is 22.9 Å². The van der Waals surface area contributed by atoms with Gasteiger partial charge < -0.3 is 14.8 Å². The van der Waals surface area contributed by atoms with Gasteiger partial charge in [0.2, 0.25) is 9.70 Å². The molecule has 0 fully saturated rings. The topological polar surface area (TPSA) is 130 Å². The highest BCUT2D eigenvalue weighted by molar-refractivity contribution is 6.67. The summed E-state index contributed by atoms with van der Waals surface area (Å²) >= 11 is 16.9. The second-order valence-corrected chi connectivity index (χ2v) is 16.1. The van der Waals surface area contributed by atoms with Gasteiger partial charge in [-0.05, 0) is 56.3 Å². The van der Waals surface area contributed by atoms with Crippen molar-refractivity contribution in [1.82, 2.24) is 25.6 Å². The number of hydrogen-bond acceptors (Lipinski definition) is 9. The number of ether oxygens (including phenoxy) is 2. The molecule has 278 valence electrons. The first-order valence-corrected chi connectivity index (χ1v) is 17.9. The van der Waals surface area contributed by atoms with Crippen LogP contribution in [-0.2, 0) is 28.7 Å². The monoisotopic (exact) mass is 755 g/mol. The molecule has 2 aromatic rings. The predicted molar refractivity (Wildman–Crippen MR) is 199 cm³/mol. The molecule has 0 aliphatic heterocycles. The molecule has 0 aliphatic rings. The lowest BCUT2D eigenvalue weighted by Gasteiger charge is -2.36. The van der Waals surface area contributed by atoms with Gasteiger partial charge in [-0.3, -0.25) is 29.1 Å². The number of nitrogens with one attached hydrogen (secondary N) is 2. The number of carbonyl (C=O) groups excluding carboxylic acids is 4. The average molecular weight is 757 g/mol. The summed E-state index contributed by atoms with van der Waals surface area (Å²) in [5, 5.41) is 5.17. The van der Waals surface area contributed by atoms with Gasteiger partial charge in [0.15, 0.2) is 0 Å². The number of aromatic nitrogens is 1. The van der Waals surface area contributed by atoms with Gasteiger partial charge in [0.1, 0.15) is 25.3 Å². The van der Waals surface area contributed by atoms with Crippen molar-refractivity contribution in [2.75, 3.05) is 33.3 Å². The van der Waals surface area contributed by atoms with Crippen molar-refractivity contribution < 1.29 is 28.7 Å². The molecule has 0 bridgehead atoms. The maximum atomic E-state index is 13.6. The maximum Gasteiger partial charge on any atom is 0.321 e. The zero-order valence-corrected chi connectivity index (χ0v) is 32.8. The number of benzene rings is 1. The number of nitrogens with zero attached hydrogens (tertiary/aromatic N) is 3. The van der Waals surface area contributed by atoms with Gasteiger partial charge in [-0.1, -0.05) is 106 Å². The van der Waals surface area contributed by atoms with Gasteiger partial charge in [-0.2, -0.15) is 0 Å². The number of rotatable bonds is 18. The third-order valence-electron chi connectivity index (χ3n) is 7.80. The highest BCUT2D eigenvalue weighted by Gasteiger charge is 2.32. The number of esters is 2. The Balaban J connectivity index is 2.10. The number of amides is 2. The number of halogens is 3. The molecule has 11 nitrogen and oxygen atoms in total. The molecule has 0 radical (unpaired) electrons. The van der Waals surface area contributed by atoms with Gasteiger partial charge in [0, 0.05) is 25.4 Å². The molecule has 1 heterocycles. The summed E-state index contributed by atoms with van der Waals surface area (Å²) in [6.07, 6.45) is 5.17. The van der Waals surface area contributed by atoms with Crippen LogP contribution in [0.15, 0.2) is 36.4 Å². The van der Waals surface area contributed by atoms with E-state index < -0.39 is 40.5 Å². The van der Waals surface area contributed by atoms with E-state index in [2.05, 4.69) is 30.7 Å². The number of fused-ring (bicyclic) bond motifs is 1. The molecule has 0 saturated heterocycles. The van der Waals surface area contributed by atoms with Gasteiger partial charge in [0.05, 0.1) is 17.3 Å². The Morgan fingerprint density at radius 2 is 1.70 bits per heavy atom.